The molecule has 1 rings (SSSR count). The van der Waals surface area contributed by atoms with Gasteiger partial charge in [0.05, 0.1) is 5.02 Å². The van der Waals surface area contributed by atoms with Crippen molar-refractivity contribution in [3.8, 4) is 0 Å². The van der Waals surface area contributed by atoms with Crippen LogP contribution in [0.1, 0.15) is 18.9 Å². The van der Waals surface area contributed by atoms with Crippen molar-refractivity contribution in [2.24, 2.45) is 5.73 Å². The van der Waals surface area contributed by atoms with Gasteiger partial charge in [0, 0.05) is 11.8 Å². The summed E-state index contributed by atoms with van der Waals surface area (Å²) in [5.74, 6) is 1.69. The summed E-state index contributed by atoms with van der Waals surface area (Å²) >= 11 is 7.56. The first-order chi connectivity index (χ1) is 7.63. The van der Waals surface area contributed by atoms with E-state index >= 15 is 0 Å². The van der Waals surface area contributed by atoms with E-state index in [0.29, 0.717) is 0 Å². The number of halogens is 2. The molecule has 0 aliphatic carbocycles. The van der Waals surface area contributed by atoms with E-state index in [1.807, 2.05) is 11.8 Å². The van der Waals surface area contributed by atoms with Crippen LogP contribution in [-0.2, 0) is 6.42 Å². The number of hydrogen-bond acceptors (Lipinski definition) is 2. The van der Waals surface area contributed by atoms with Gasteiger partial charge in [-0.2, -0.15) is 11.8 Å². The Morgan fingerprint density at radius 1 is 1.50 bits per heavy atom. The topological polar surface area (TPSA) is 26.0 Å². The summed E-state index contributed by atoms with van der Waals surface area (Å²) in [6.07, 6.45) is 1.91. The molecule has 0 amide bonds. The molecule has 0 radical (unpaired) electrons. The van der Waals surface area contributed by atoms with Gasteiger partial charge in [0.15, 0.2) is 0 Å². The highest BCUT2D eigenvalue weighted by Gasteiger charge is 2.06. The van der Waals surface area contributed by atoms with E-state index < -0.39 is 0 Å². The maximum atomic E-state index is 12.9. The molecule has 0 aromatic heterocycles. The van der Waals surface area contributed by atoms with Crippen molar-refractivity contribution in [2.45, 2.75) is 25.8 Å². The van der Waals surface area contributed by atoms with Crippen molar-refractivity contribution in [1.82, 2.24) is 0 Å². The third kappa shape index (κ3) is 4.73. The standard InChI is InChI=1S/C12H17ClFNS/c1-2-5-16-8-10(15)6-9-3-4-12(14)11(13)7-9/h3-4,7,10H,2,5-6,8,15H2,1H3. The quantitative estimate of drug-likeness (QED) is 0.794. The number of thioether (sulfide) groups is 1. The van der Waals surface area contributed by atoms with Crippen LogP contribution in [0.2, 0.25) is 5.02 Å². The maximum Gasteiger partial charge on any atom is 0.141 e. The zero-order chi connectivity index (χ0) is 12.0. The molecular formula is C12H17ClFNS. The average molecular weight is 262 g/mol. The molecule has 1 nitrogen and oxygen atoms in total. The fraction of sp³-hybridized carbons (Fsp3) is 0.500. The van der Waals surface area contributed by atoms with E-state index in [2.05, 4.69) is 6.92 Å². The first-order valence-electron chi connectivity index (χ1n) is 5.40. The van der Waals surface area contributed by atoms with E-state index in [1.165, 1.54) is 12.5 Å². The molecular weight excluding hydrogens is 245 g/mol. The molecule has 1 unspecified atom stereocenters. The van der Waals surface area contributed by atoms with Crippen LogP contribution in [0.25, 0.3) is 0 Å². The third-order valence-corrected chi connectivity index (χ3v) is 3.81. The summed E-state index contributed by atoms with van der Waals surface area (Å²) in [6, 6.07) is 4.90. The van der Waals surface area contributed by atoms with Crippen molar-refractivity contribution < 1.29 is 4.39 Å². The fourth-order valence-corrected chi connectivity index (χ4v) is 2.49. The van der Waals surface area contributed by atoms with Crippen molar-refractivity contribution in [3.05, 3.63) is 34.6 Å². The molecule has 0 aliphatic rings. The van der Waals surface area contributed by atoms with Crippen LogP contribution in [0.5, 0.6) is 0 Å². The molecule has 2 N–H and O–H groups in total. The summed E-state index contributed by atoms with van der Waals surface area (Å²) in [6.45, 7) is 2.15. The zero-order valence-corrected chi connectivity index (χ0v) is 11.0. The van der Waals surface area contributed by atoms with Crippen LogP contribution in [0, 0.1) is 5.82 Å². The number of nitrogens with two attached hydrogens (primary N) is 1. The first kappa shape index (κ1) is 13.8. The molecule has 0 aliphatic heterocycles. The highest BCUT2D eigenvalue weighted by Crippen LogP contribution is 2.17. The second-order valence-electron chi connectivity index (χ2n) is 3.79. The van der Waals surface area contributed by atoms with Crippen molar-refractivity contribution in [3.63, 3.8) is 0 Å². The second kappa shape index (κ2) is 7.15. The fourth-order valence-electron chi connectivity index (χ4n) is 1.41. The lowest BCUT2D eigenvalue weighted by molar-refractivity contribution is 0.626. The largest absolute Gasteiger partial charge is 0.327 e. The molecule has 0 bridgehead atoms. The summed E-state index contributed by atoms with van der Waals surface area (Å²) in [7, 11) is 0. The predicted octanol–water partition coefficient (Wildman–Crippen LogP) is 3.49. The molecule has 1 aromatic rings. The summed E-state index contributed by atoms with van der Waals surface area (Å²) in [5.41, 5.74) is 6.97. The Hall–Kier alpha value is -0.250. The molecule has 1 aromatic carbocycles. The summed E-state index contributed by atoms with van der Waals surface area (Å²) in [5, 5.41) is 0.172. The normalized spacial score (nSPS) is 12.8. The minimum absolute atomic E-state index is 0.109. The van der Waals surface area contributed by atoms with Gasteiger partial charge < -0.3 is 5.73 Å². The lowest BCUT2D eigenvalue weighted by Gasteiger charge is -2.11. The van der Waals surface area contributed by atoms with Gasteiger partial charge in [-0.05, 0) is 36.3 Å². The molecule has 16 heavy (non-hydrogen) atoms. The zero-order valence-electron chi connectivity index (χ0n) is 9.38. The second-order valence-corrected chi connectivity index (χ2v) is 5.34. The average Bonchev–Trinajstić information content (AvgIpc) is 2.24. The molecule has 1 atom stereocenters. The van der Waals surface area contributed by atoms with Gasteiger partial charge in [-0.3, -0.25) is 0 Å². The lowest BCUT2D eigenvalue weighted by atomic mass is 10.1. The minimum Gasteiger partial charge on any atom is -0.327 e. The molecule has 0 heterocycles. The van der Waals surface area contributed by atoms with Crippen LogP contribution >= 0.6 is 23.4 Å². The number of benzene rings is 1. The Balaban J connectivity index is 2.43. The molecule has 0 saturated carbocycles. The highest BCUT2D eigenvalue weighted by molar-refractivity contribution is 7.99. The maximum absolute atomic E-state index is 12.9. The van der Waals surface area contributed by atoms with Crippen LogP contribution in [0.3, 0.4) is 0 Å². The molecule has 90 valence electrons. The van der Waals surface area contributed by atoms with Gasteiger partial charge in [-0.25, -0.2) is 4.39 Å². The SMILES string of the molecule is CCCSCC(N)Cc1ccc(F)c(Cl)c1. The monoisotopic (exact) mass is 261 g/mol. The smallest absolute Gasteiger partial charge is 0.141 e. The molecule has 4 heteroatoms. The van der Waals surface area contributed by atoms with Crippen molar-refractivity contribution in [1.29, 1.82) is 0 Å². The third-order valence-electron chi connectivity index (χ3n) is 2.16. The Kier molecular flexibility index (Phi) is 6.17. The van der Waals surface area contributed by atoms with Crippen molar-refractivity contribution >= 4 is 23.4 Å². The molecule has 0 saturated heterocycles. The summed E-state index contributed by atoms with van der Waals surface area (Å²) < 4.78 is 12.9. The van der Waals surface area contributed by atoms with Gasteiger partial charge in [-0.15, -0.1) is 0 Å². The molecule has 0 fully saturated rings. The lowest BCUT2D eigenvalue weighted by Crippen LogP contribution is -2.25. The van der Waals surface area contributed by atoms with Crippen LogP contribution < -0.4 is 5.73 Å². The first-order valence-corrected chi connectivity index (χ1v) is 6.94. The predicted molar refractivity (Wildman–Crippen MR) is 70.7 cm³/mol. The van der Waals surface area contributed by atoms with E-state index in [0.717, 1.165) is 23.5 Å². The Morgan fingerprint density at radius 3 is 2.88 bits per heavy atom. The Bertz CT molecular complexity index is 333. The van der Waals surface area contributed by atoms with E-state index in [4.69, 9.17) is 17.3 Å². The van der Waals surface area contributed by atoms with E-state index in [-0.39, 0.29) is 16.9 Å². The molecule has 0 spiro atoms. The Morgan fingerprint density at radius 2 is 2.25 bits per heavy atom. The Labute approximate surface area is 106 Å². The van der Waals surface area contributed by atoms with Gasteiger partial charge in [0.2, 0.25) is 0 Å². The minimum atomic E-state index is -0.376. The van der Waals surface area contributed by atoms with Crippen LogP contribution in [0.15, 0.2) is 18.2 Å². The van der Waals surface area contributed by atoms with Gasteiger partial charge >= 0.3 is 0 Å². The van der Waals surface area contributed by atoms with E-state index in [9.17, 15) is 4.39 Å². The van der Waals surface area contributed by atoms with Gasteiger partial charge in [-0.1, -0.05) is 24.6 Å². The van der Waals surface area contributed by atoms with Crippen LogP contribution in [-0.4, -0.2) is 17.5 Å². The number of rotatable bonds is 6. The number of hydrogen-bond donors (Lipinski definition) is 1. The van der Waals surface area contributed by atoms with Gasteiger partial charge in [0.1, 0.15) is 5.82 Å². The van der Waals surface area contributed by atoms with Crippen molar-refractivity contribution in [2.75, 3.05) is 11.5 Å². The van der Waals surface area contributed by atoms with E-state index in [1.54, 1.807) is 12.1 Å². The van der Waals surface area contributed by atoms with Crippen LogP contribution in [0.4, 0.5) is 4.39 Å². The highest BCUT2D eigenvalue weighted by atomic mass is 35.5. The summed E-state index contributed by atoms with van der Waals surface area (Å²) in [4.78, 5) is 0. The van der Waals surface area contributed by atoms with Gasteiger partial charge in [0.25, 0.3) is 0 Å².